The first-order valence-electron chi connectivity index (χ1n) is 12.6. The summed E-state index contributed by atoms with van der Waals surface area (Å²) in [4.78, 5) is 21.2. The van der Waals surface area contributed by atoms with Crippen LogP contribution in [0.25, 0.3) is 11.1 Å². The Morgan fingerprint density at radius 2 is 1.51 bits per heavy atom. The zero-order valence-corrected chi connectivity index (χ0v) is 22.0. The maximum absolute atomic E-state index is 14.4. The summed E-state index contributed by atoms with van der Waals surface area (Å²) in [5.74, 6) is -0.0458. The third-order valence-electron chi connectivity index (χ3n) is 6.77. The Morgan fingerprint density at radius 1 is 0.821 bits per heavy atom. The van der Waals surface area contributed by atoms with Gasteiger partial charge in [-0.05, 0) is 78.7 Å². The molecular weight excluding hydrogens is 506 g/mol. The molecule has 5 aromatic rings. The number of benzene rings is 4. The predicted molar refractivity (Wildman–Crippen MR) is 155 cm³/mol. The molecule has 0 saturated carbocycles. The van der Waals surface area contributed by atoms with Gasteiger partial charge in [-0.15, -0.1) is 0 Å². The van der Waals surface area contributed by atoms with Gasteiger partial charge >= 0.3 is 12.1 Å². The highest BCUT2D eigenvalue weighted by Crippen LogP contribution is 2.37. The van der Waals surface area contributed by atoms with Crippen LogP contribution in [0.2, 0.25) is 5.02 Å². The number of anilines is 2. The Bertz CT molecular complexity index is 1700. The van der Waals surface area contributed by atoms with Crippen molar-refractivity contribution < 1.29 is 14.5 Å². The van der Waals surface area contributed by atoms with E-state index in [0.717, 1.165) is 33.5 Å². The van der Waals surface area contributed by atoms with Gasteiger partial charge in [0.15, 0.2) is 12.4 Å². The van der Waals surface area contributed by atoms with Crippen molar-refractivity contribution in [2.45, 2.75) is 13.1 Å². The smallest absolute Gasteiger partial charge is 0.332 e. The number of phenolic OH excluding ortho intramolecular Hbond substituents is 1. The molecule has 190 valence electrons. The van der Waals surface area contributed by atoms with Crippen molar-refractivity contribution in [1.29, 1.82) is 0 Å². The lowest BCUT2D eigenvalue weighted by atomic mass is 9.99. The van der Waals surface area contributed by atoms with E-state index in [9.17, 15) is 9.90 Å². The summed E-state index contributed by atoms with van der Waals surface area (Å²) in [5.41, 5.74) is 6.68. The lowest BCUT2D eigenvalue weighted by Crippen LogP contribution is -2.47. The van der Waals surface area contributed by atoms with E-state index in [1.54, 1.807) is 35.2 Å². The van der Waals surface area contributed by atoms with Gasteiger partial charge in [-0.1, -0.05) is 54.1 Å². The molecule has 0 radical (unpaired) electrons. The third kappa shape index (κ3) is 4.80. The Balaban J connectivity index is 1.56. The molecule has 4 aromatic carbocycles. The fourth-order valence-electron chi connectivity index (χ4n) is 4.89. The Morgan fingerprint density at radius 3 is 2.23 bits per heavy atom. The molecule has 39 heavy (non-hydrogen) atoms. The largest absolute Gasteiger partial charge is 0.508 e. The summed E-state index contributed by atoms with van der Waals surface area (Å²) >= 11 is 6.50. The minimum atomic E-state index is -0.867. The van der Waals surface area contributed by atoms with Crippen molar-refractivity contribution in [3.63, 3.8) is 0 Å². The molecule has 2 heterocycles. The first-order chi connectivity index (χ1) is 19.0. The average molecular weight is 531 g/mol. The Labute approximate surface area is 231 Å². The second-order valence-corrected chi connectivity index (χ2v) is 9.91. The van der Waals surface area contributed by atoms with Crippen LogP contribution in [0.4, 0.5) is 11.4 Å². The number of aromatic hydroxyl groups is 1. The quantitative estimate of drug-likeness (QED) is 0.254. The molecule has 0 saturated heterocycles. The molecule has 1 aromatic heterocycles. The number of hydrogen-bond acceptors (Lipinski definition) is 3. The number of carbonyl (C=O) groups excluding carboxylic acids is 1. The normalized spacial score (nSPS) is 14.9. The third-order valence-corrected chi connectivity index (χ3v) is 7.01. The molecule has 1 atom stereocenters. The standard InChI is InChI=1S/C33H24ClN3O2/c1-22-6-5-19-36(21-22)32-33(39)37(27-14-9-24(10-15-27)23-7-3-2-4-8-23)30-18-13-26(34)20-29(30)31(35-32)25-11-16-28(38)17-12-25/h2-21,32H,1H3/p+1. The highest BCUT2D eigenvalue weighted by atomic mass is 35.5. The summed E-state index contributed by atoms with van der Waals surface area (Å²) in [7, 11) is 0. The van der Waals surface area contributed by atoms with Crippen molar-refractivity contribution in [1.82, 2.24) is 0 Å². The summed E-state index contributed by atoms with van der Waals surface area (Å²) in [6, 6.07) is 34.3. The Kier molecular flexibility index (Phi) is 6.43. The number of aliphatic imine (C=N–C) groups is 1. The topological polar surface area (TPSA) is 56.8 Å². The fourth-order valence-corrected chi connectivity index (χ4v) is 5.06. The van der Waals surface area contributed by atoms with Crippen molar-refractivity contribution in [2.75, 3.05) is 4.90 Å². The predicted octanol–water partition coefficient (Wildman–Crippen LogP) is 7.02. The van der Waals surface area contributed by atoms with Gasteiger partial charge in [-0.25, -0.2) is 4.99 Å². The second kappa shape index (κ2) is 10.2. The second-order valence-electron chi connectivity index (χ2n) is 9.47. The van der Waals surface area contributed by atoms with Crippen LogP contribution >= 0.6 is 11.6 Å². The van der Waals surface area contributed by atoms with Gasteiger partial charge in [0.2, 0.25) is 0 Å². The SMILES string of the molecule is Cc1ccc[n+](C2N=C(c3ccc(O)cc3)c3cc(Cl)ccc3N(c3ccc(-c4ccccc4)cc3)C2=O)c1. The number of fused-ring (bicyclic) bond motifs is 1. The van der Waals surface area contributed by atoms with Crippen molar-refractivity contribution in [2.24, 2.45) is 4.99 Å². The number of nitrogens with zero attached hydrogens (tertiary/aromatic N) is 3. The number of halogens is 1. The lowest BCUT2D eigenvalue weighted by molar-refractivity contribution is -0.707. The molecule has 0 bridgehead atoms. The fraction of sp³-hybridized carbons (Fsp3) is 0.0606. The number of benzodiazepines with no additional fused rings is 1. The van der Waals surface area contributed by atoms with Crippen LogP contribution in [0.3, 0.4) is 0 Å². The summed E-state index contributed by atoms with van der Waals surface area (Å²) in [6.07, 6.45) is 2.90. The van der Waals surface area contributed by atoms with E-state index in [1.165, 1.54) is 0 Å². The molecule has 5 nitrogen and oxygen atoms in total. The van der Waals surface area contributed by atoms with Crippen LogP contribution in [0, 0.1) is 6.92 Å². The highest BCUT2D eigenvalue weighted by molar-refractivity contribution is 6.32. The molecule has 1 unspecified atom stereocenters. The molecule has 1 amide bonds. The number of pyridine rings is 1. The molecule has 6 rings (SSSR count). The van der Waals surface area contributed by atoms with Crippen LogP contribution in [0.15, 0.2) is 127 Å². The number of phenols is 1. The number of hydrogen-bond donors (Lipinski definition) is 1. The molecule has 1 aliphatic heterocycles. The maximum Gasteiger partial charge on any atom is 0.332 e. The van der Waals surface area contributed by atoms with E-state index in [-0.39, 0.29) is 11.7 Å². The van der Waals surface area contributed by atoms with Crippen molar-refractivity contribution in [3.05, 3.63) is 143 Å². The summed E-state index contributed by atoms with van der Waals surface area (Å²) in [5, 5.41) is 10.5. The van der Waals surface area contributed by atoms with Gasteiger partial charge in [0.05, 0.1) is 11.4 Å². The van der Waals surface area contributed by atoms with Gasteiger partial charge in [-0.2, -0.15) is 4.57 Å². The number of amides is 1. The number of aryl methyl sites for hydroxylation is 1. The summed E-state index contributed by atoms with van der Waals surface area (Å²) < 4.78 is 1.83. The van der Waals surface area contributed by atoms with Crippen LogP contribution in [-0.2, 0) is 4.79 Å². The van der Waals surface area contributed by atoms with Crippen molar-refractivity contribution in [3.8, 4) is 16.9 Å². The summed E-state index contributed by atoms with van der Waals surface area (Å²) in [6.45, 7) is 1.98. The number of aromatic nitrogens is 1. The molecule has 0 spiro atoms. The van der Waals surface area contributed by atoms with Gasteiger partial charge in [0.25, 0.3) is 0 Å². The van der Waals surface area contributed by atoms with E-state index in [2.05, 4.69) is 12.1 Å². The number of carbonyl (C=O) groups is 1. The lowest BCUT2D eigenvalue weighted by Gasteiger charge is -2.24. The van der Waals surface area contributed by atoms with Gasteiger partial charge in [-0.3, -0.25) is 9.69 Å². The average Bonchev–Trinajstić information content (AvgIpc) is 3.08. The molecule has 6 heteroatoms. The first kappa shape index (κ1) is 24.6. The van der Waals surface area contributed by atoms with E-state index in [4.69, 9.17) is 16.6 Å². The van der Waals surface area contributed by atoms with Gasteiger partial charge in [0, 0.05) is 33.5 Å². The molecule has 1 N–H and O–H groups in total. The van der Waals surface area contributed by atoms with Gasteiger partial charge < -0.3 is 5.11 Å². The van der Waals surface area contributed by atoms with Crippen LogP contribution in [0.5, 0.6) is 5.75 Å². The molecule has 0 aliphatic carbocycles. The van der Waals surface area contributed by atoms with E-state index in [0.29, 0.717) is 16.4 Å². The number of rotatable bonds is 4. The minimum absolute atomic E-state index is 0.153. The highest BCUT2D eigenvalue weighted by Gasteiger charge is 2.38. The monoisotopic (exact) mass is 530 g/mol. The molecular formula is C33H25ClN3O2+. The van der Waals surface area contributed by atoms with E-state index >= 15 is 0 Å². The van der Waals surface area contributed by atoms with Crippen LogP contribution < -0.4 is 9.47 Å². The minimum Gasteiger partial charge on any atom is -0.508 e. The molecule has 1 aliphatic rings. The molecule has 0 fully saturated rings. The Hall–Kier alpha value is -4.74. The van der Waals surface area contributed by atoms with Crippen LogP contribution in [0.1, 0.15) is 22.9 Å². The van der Waals surface area contributed by atoms with E-state index < -0.39 is 6.17 Å². The zero-order chi connectivity index (χ0) is 26.9. The van der Waals surface area contributed by atoms with Crippen molar-refractivity contribution >= 4 is 34.6 Å². The maximum atomic E-state index is 14.4. The van der Waals surface area contributed by atoms with E-state index in [1.807, 2.05) is 90.6 Å². The van der Waals surface area contributed by atoms with Crippen LogP contribution in [-0.4, -0.2) is 16.7 Å². The van der Waals surface area contributed by atoms with Gasteiger partial charge in [0.1, 0.15) is 5.75 Å². The first-order valence-corrected chi connectivity index (χ1v) is 13.0. The zero-order valence-electron chi connectivity index (χ0n) is 21.2.